The van der Waals surface area contributed by atoms with Crippen molar-refractivity contribution < 1.29 is 14.3 Å². The van der Waals surface area contributed by atoms with Crippen LogP contribution in [0.5, 0.6) is 0 Å². The number of amides is 2. The number of likely N-dealkylation sites (tertiary alicyclic amines) is 2. The van der Waals surface area contributed by atoms with Crippen molar-refractivity contribution >= 4 is 51.8 Å². The van der Waals surface area contributed by atoms with E-state index in [4.69, 9.17) is 41.5 Å². The van der Waals surface area contributed by atoms with Crippen LogP contribution in [0, 0.1) is 32.1 Å². The number of carbonyl (C=O) groups is 2. The highest BCUT2D eigenvalue weighted by molar-refractivity contribution is 6.31. The van der Waals surface area contributed by atoms with E-state index in [9.17, 15) is 9.59 Å². The van der Waals surface area contributed by atoms with Crippen molar-refractivity contribution in [2.24, 2.45) is 0 Å². The number of piperidine rings is 6. The Balaban J connectivity index is 0.000000117. The molecule has 117 heavy (non-hydrogen) atoms. The van der Waals surface area contributed by atoms with Crippen LogP contribution in [-0.2, 0) is 20.7 Å². The van der Waals surface area contributed by atoms with E-state index in [0.717, 1.165) is 203 Å². The van der Waals surface area contributed by atoms with Gasteiger partial charge in [-0.25, -0.2) is 19.9 Å². The van der Waals surface area contributed by atoms with Gasteiger partial charge in [0.25, 0.3) is 0 Å². The summed E-state index contributed by atoms with van der Waals surface area (Å²) < 4.78 is 14.6. The van der Waals surface area contributed by atoms with Crippen LogP contribution in [0.1, 0.15) is 242 Å². The summed E-state index contributed by atoms with van der Waals surface area (Å²) in [5.74, 6) is 2.27. The van der Waals surface area contributed by atoms with Crippen molar-refractivity contribution in [2.75, 3.05) is 72.4 Å². The maximum atomic E-state index is 12.2. The first-order valence-electron chi connectivity index (χ1n) is 42.2. The molecule has 7 saturated heterocycles. The molecule has 4 N–H and O–H groups in total. The van der Waals surface area contributed by atoms with E-state index in [1.165, 1.54) is 33.9 Å². The Morgan fingerprint density at radius 1 is 0.462 bits per heavy atom. The number of fused-ring (bicyclic) bond motifs is 4. The molecule has 0 spiro atoms. The van der Waals surface area contributed by atoms with Crippen LogP contribution in [0.25, 0.3) is 22.6 Å². The fraction of sp³-hybridized carbons (Fsp3) is 0.446. The number of anilines is 1. The summed E-state index contributed by atoms with van der Waals surface area (Å²) in [6.45, 7) is 12.2. The maximum Gasteiger partial charge on any atom is 0.222 e. The minimum absolute atomic E-state index is 0.0271. The molecule has 0 saturated carbocycles. The van der Waals surface area contributed by atoms with Crippen LogP contribution < -0.4 is 26.2 Å². The van der Waals surface area contributed by atoms with Crippen molar-refractivity contribution in [1.82, 2.24) is 93.4 Å². The first-order chi connectivity index (χ1) is 57.1. The number of halogens is 1. The zero-order valence-corrected chi connectivity index (χ0v) is 69.2. The molecule has 2 amide bonds. The van der Waals surface area contributed by atoms with E-state index in [1.54, 1.807) is 13.3 Å². The van der Waals surface area contributed by atoms with Gasteiger partial charge in [-0.05, 0) is 207 Å². The lowest BCUT2D eigenvalue weighted by Gasteiger charge is -2.35. The van der Waals surface area contributed by atoms with Crippen LogP contribution in [0.15, 0.2) is 171 Å². The Labute approximate surface area is 690 Å². The zero-order chi connectivity index (χ0) is 80.6. The van der Waals surface area contributed by atoms with Gasteiger partial charge < -0.3 is 58.8 Å². The van der Waals surface area contributed by atoms with Gasteiger partial charge in [0, 0.05) is 165 Å². The summed E-state index contributed by atoms with van der Waals surface area (Å²) >= 11 is 6.45. The zero-order valence-electron chi connectivity index (χ0n) is 68.5. The van der Waals surface area contributed by atoms with Crippen molar-refractivity contribution in [2.45, 2.75) is 196 Å². The Hall–Kier alpha value is -10.4. The SMILES string of the molecule is CO[C@H]1C[C@@H](c2ncccc2Cl)N[C@@H](c2cn3c(N4CCN(C)CC4)cccc3n2)C1.Cc1cccnc1[C@@H]1CCC[C@H](c2cn3c(C4CCC(=O)N(C)C4)cccc3n2)N1.Cc1cccnc1[C@@H]1CCC[C@H](c2cn3c(C4CCN(C)C(=O)C4)cccc3n2)N1.Cc1cccnc1[C@@H]1CCC[C@H](c2cn3c(CCC#N)cccc3n2)N1. The molecule has 19 rings (SSSR count). The number of imidazole rings is 4. The number of piperazine rings is 1. The van der Waals surface area contributed by atoms with Gasteiger partial charge in [-0.1, -0.05) is 54.1 Å². The lowest BCUT2D eigenvalue weighted by Crippen LogP contribution is -2.45. The highest BCUT2D eigenvalue weighted by Gasteiger charge is 2.36. The second kappa shape index (κ2) is 36.7. The second-order valence-electron chi connectivity index (χ2n) is 33.0. The predicted octanol–water partition coefficient (Wildman–Crippen LogP) is 15.2. The molecule has 7 fully saturated rings. The Morgan fingerprint density at radius 2 is 0.915 bits per heavy atom. The van der Waals surface area contributed by atoms with Gasteiger partial charge in [0.15, 0.2) is 0 Å². The van der Waals surface area contributed by atoms with E-state index in [1.807, 2.05) is 85.0 Å². The summed E-state index contributed by atoms with van der Waals surface area (Å²) in [6.07, 6.45) is 32.4. The summed E-state index contributed by atoms with van der Waals surface area (Å²) in [6, 6.07) is 45.1. The van der Waals surface area contributed by atoms with Crippen LogP contribution in [-0.4, -0.2) is 158 Å². The fourth-order valence-corrected chi connectivity index (χ4v) is 18.9. The number of hydrogen-bond acceptors (Lipinski definition) is 18. The van der Waals surface area contributed by atoms with Crippen LogP contribution in [0.4, 0.5) is 5.82 Å². The van der Waals surface area contributed by atoms with Gasteiger partial charge >= 0.3 is 0 Å². The Kier molecular flexibility index (Phi) is 25.2. The second-order valence-corrected chi connectivity index (χ2v) is 33.4. The number of likely N-dealkylation sites (N-methyl/N-ethyl adjacent to an activating group) is 2. The first-order valence-corrected chi connectivity index (χ1v) is 42.6. The highest BCUT2D eigenvalue weighted by Crippen LogP contribution is 2.41. The normalized spacial score (nSPS) is 24.0. The third-order valence-corrected chi connectivity index (χ3v) is 25.5. The van der Waals surface area contributed by atoms with Gasteiger partial charge in [0.2, 0.25) is 11.8 Å². The maximum absolute atomic E-state index is 12.2. The molecule has 608 valence electrons. The molecule has 0 radical (unpaired) electrons. The van der Waals surface area contributed by atoms with Gasteiger partial charge in [0.1, 0.15) is 28.4 Å². The topological polar surface area (TPSA) is 249 Å². The molecule has 12 aromatic rings. The number of nitrogens with zero attached hydrogens (tertiary/aromatic N) is 17. The number of nitriles is 1. The molecule has 7 aliphatic heterocycles. The lowest BCUT2D eigenvalue weighted by atomic mass is 9.92. The minimum Gasteiger partial charge on any atom is -0.381 e. The predicted molar refractivity (Wildman–Crippen MR) is 456 cm³/mol. The molecule has 0 bridgehead atoms. The average molecular weight is 1590 g/mol. The number of rotatable bonds is 14. The summed E-state index contributed by atoms with van der Waals surface area (Å²) in [7, 11) is 7.75. The van der Waals surface area contributed by atoms with E-state index >= 15 is 0 Å². The monoisotopic (exact) mass is 1590 g/mol. The number of aromatic nitrogens is 12. The third-order valence-electron chi connectivity index (χ3n) is 25.2. The van der Waals surface area contributed by atoms with Crippen LogP contribution in [0.2, 0.25) is 5.02 Å². The molecule has 25 heteroatoms. The van der Waals surface area contributed by atoms with Crippen molar-refractivity contribution in [3.8, 4) is 6.07 Å². The smallest absolute Gasteiger partial charge is 0.222 e. The van der Waals surface area contributed by atoms with E-state index in [0.29, 0.717) is 30.2 Å². The van der Waals surface area contributed by atoms with Crippen molar-refractivity contribution in [1.29, 1.82) is 5.26 Å². The van der Waals surface area contributed by atoms with Crippen LogP contribution >= 0.6 is 11.6 Å². The largest absolute Gasteiger partial charge is 0.381 e. The first kappa shape index (κ1) is 80.4. The molecule has 7 aliphatic rings. The average Bonchev–Trinajstić information content (AvgIpc) is 1.65. The molecule has 0 aliphatic carbocycles. The molecule has 11 atom stereocenters. The van der Waals surface area contributed by atoms with Crippen LogP contribution in [0.3, 0.4) is 0 Å². The number of carbonyl (C=O) groups excluding carboxylic acids is 2. The fourth-order valence-electron chi connectivity index (χ4n) is 18.7. The van der Waals surface area contributed by atoms with E-state index < -0.39 is 0 Å². The molecule has 19 heterocycles. The summed E-state index contributed by atoms with van der Waals surface area (Å²) in [5.41, 5.74) is 19.8. The molecule has 12 aromatic heterocycles. The van der Waals surface area contributed by atoms with E-state index in [2.05, 4.69) is 206 Å². The number of methoxy groups -OCH3 is 1. The molecular formula is C92H110ClN21O3. The summed E-state index contributed by atoms with van der Waals surface area (Å²) in [5, 5.41) is 24.7. The van der Waals surface area contributed by atoms with Crippen molar-refractivity contribution in [3.63, 3.8) is 0 Å². The summed E-state index contributed by atoms with van der Waals surface area (Å²) in [4.78, 5) is 70.9. The molecule has 0 aromatic carbocycles. The lowest BCUT2D eigenvalue weighted by molar-refractivity contribution is -0.133. The van der Waals surface area contributed by atoms with Gasteiger partial charge in [-0.2, -0.15) is 5.26 Å². The Morgan fingerprint density at radius 3 is 1.43 bits per heavy atom. The molecule has 2 unspecified atom stereocenters. The van der Waals surface area contributed by atoms with Gasteiger partial charge in [-0.3, -0.25) is 33.9 Å². The third kappa shape index (κ3) is 18.2. The highest BCUT2D eigenvalue weighted by atomic mass is 35.5. The van der Waals surface area contributed by atoms with Gasteiger partial charge in [-0.15, -0.1) is 0 Å². The minimum atomic E-state index is 0.0271. The van der Waals surface area contributed by atoms with Gasteiger partial charge in [0.05, 0.1) is 111 Å². The number of ether oxygens (including phenoxy) is 1. The molecular weight excluding hydrogens is 1480 g/mol. The van der Waals surface area contributed by atoms with Crippen molar-refractivity contribution in [3.05, 3.63) is 255 Å². The standard InChI is InChI=1S/2C24H29N5O.C23H29ClN6O.C21H23N5/c1-16-6-5-13-25-24(16)19-8-3-7-18(26-19)20-15-29-21(9-4-10-22(29)27-20)17-11-12-23(30)28(2)14-17;1-16-6-5-12-25-24(16)19-8-3-7-18(26-19)20-15-29-21(9-4-10-22(29)27-20)17-11-13-28(2)23(30)14-17;1-28-9-11-29(12-10-28)22-7-3-6-21-27-20(15-30(21)22)18-13-16(31-2)14-19(26-18)23-17(24)5-4-8-25-23;1-15-6-5-13-23-21(15)18-10-3-9-17(24-18)19-14-26-16(8-4-12-22)7-2-11-20(26)25-19/h4-6,9-10,13,15,17-19,26H,3,7-8,11-12,14H2,1-2H3;4-6,9-10,12,15,17-19,26H,3,7-8,11,13-14H2,1-2H3;3-8,15-16,18-19,26H,9-14H2,1-2H3;2,5-7,11,13-14,17-18,24H,3-4,8-10H2,1H3/t2*17?,18-,19+;16-,18-,19+;17-,18+/m1111/s1. The molecule has 24 nitrogen and oxygen atoms in total. The number of nitrogens with one attached hydrogen (secondary N) is 4. The quantitative estimate of drug-likeness (QED) is 0.0790. The number of aryl methyl sites for hydroxylation is 4. The van der Waals surface area contributed by atoms with E-state index in [-0.39, 0.29) is 72.2 Å². The number of pyridine rings is 8. The Bertz CT molecular complexity index is 5490. The number of hydrogen-bond donors (Lipinski definition) is 4.